The zero-order valence-electron chi connectivity index (χ0n) is 12.8. The van der Waals surface area contributed by atoms with Crippen LogP contribution in [0, 0.1) is 0 Å². The second-order valence-electron chi connectivity index (χ2n) is 5.91. The summed E-state index contributed by atoms with van der Waals surface area (Å²) < 4.78 is 6.68. The van der Waals surface area contributed by atoms with Crippen LogP contribution in [0.3, 0.4) is 0 Å². The number of aromatic nitrogens is 5. The van der Waals surface area contributed by atoms with Gasteiger partial charge in [0.15, 0.2) is 0 Å². The molecule has 120 valence electrons. The third-order valence-electron chi connectivity index (χ3n) is 4.57. The molecule has 1 fully saturated rings. The highest BCUT2D eigenvalue weighted by atomic mass is 16.5. The first kappa shape index (κ1) is 14.0. The van der Waals surface area contributed by atoms with Crippen LogP contribution in [0.4, 0.5) is 4.79 Å². The van der Waals surface area contributed by atoms with Crippen LogP contribution in [0.25, 0.3) is 22.1 Å². The Labute approximate surface area is 132 Å². The Morgan fingerprint density at radius 2 is 2.22 bits per heavy atom. The molecule has 1 aliphatic carbocycles. The molecule has 1 saturated carbocycles. The molecule has 3 aromatic heterocycles. The van der Waals surface area contributed by atoms with Crippen molar-refractivity contribution in [3.63, 3.8) is 0 Å². The fraction of sp³-hybridized carbons (Fsp3) is 0.467. The molecule has 1 amide bonds. The minimum absolute atomic E-state index is 0.169. The van der Waals surface area contributed by atoms with Gasteiger partial charge in [0.1, 0.15) is 16.7 Å². The van der Waals surface area contributed by atoms with Crippen LogP contribution >= 0.6 is 0 Å². The van der Waals surface area contributed by atoms with Crippen molar-refractivity contribution in [1.29, 1.82) is 0 Å². The molecule has 2 N–H and O–H groups in total. The number of nitrogens with zero attached hydrogens (tertiary/aromatic N) is 4. The molecule has 0 unspecified atom stereocenters. The molecular formula is C15H18N6O2. The molecule has 8 nitrogen and oxygen atoms in total. The topological polar surface area (TPSA) is 97.7 Å². The number of ether oxygens (including phenoxy) is 1. The van der Waals surface area contributed by atoms with Crippen molar-refractivity contribution >= 4 is 28.2 Å². The number of fused-ring (bicyclic) bond motifs is 3. The lowest BCUT2D eigenvalue weighted by molar-refractivity contribution is 0.160. The lowest BCUT2D eigenvalue weighted by Crippen LogP contribution is -2.38. The standard InChI is InChI=1S/C15H18N6O2/c1-23-15(22)18-9-2-4-10(5-3-9)21-13-11-6-7-16-14(11)17-8-12(13)19-20-21/h6-10H,2-5H2,1H3,(H,16,17)(H,18,22). The van der Waals surface area contributed by atoms with E-state index in [9.17, 15) is 4.79 Å². The van der Waals surface area contributed by atoms with E-state index in [1.165, 1.54) is 7.11 Å². The quantitative estimate of drug-likeness (QED) is 0.755. The molecule has 4 rings (SSSR count). The zero-order valence-corrected chi connectivity index (χ0v) is 12.8. The molecule has 0 aromatic carbocycles. The Balaban J connectivity index is 1.59. The lowest BCUT2D eigenvalue weighted by Gasteiger charge is -2.28. The number of rotatable bonds is 2. The minimum Gasteiger partial charge on any atom is -0.453 e. The Morgan fingerprint density at radius 1 is 1.39 bits per heavy atom. The molecule has 0 spiro atoms. The predicted octanol–water partition coefficient (Wildman–Crippen LogP) is 2.15. The average Bonchev–Trinajstić information content (AvgIpc) is 3.21. The van der Waals surface area contributed by atoms with Gasteiger partial charge in [-0.15, -0.1) is 5.10 Å². The van der Waals surface area contributed by atoms with Crippen LogP contribution in [-0.2, 0) is 4.74 Å². The third kappa shape index (κ3) is 2.39. The summed E-state index contributed by atoms with van der Waals surface area (Å²) in [5.74, 6) is 0. The summed E-state index contributed by atoms with van der Waals surface area (Å²) >= 11 is 0. The predicted molar refractivity (Wildman–Crippen MR) is 84.0 cm³/mol. The summed E-state index contributed by atoms with van der Waals surface area (Å²) in [6.45, 7) is 0. The minimum atomic E-state index is -0.361. The third-order valence-corrected chi connectivity index (χ3v) is 4.57. The maximum atomic E-state index is 11.3. The summed E-state index contributed by atoms with van der Waals surface area (Å²) in [7, 11) is 1.39. The molecule has 0 bridgehead atoms. The van der Waals surface area contributed by atoms with E-state index in [1.54, 1.807) is 6.20 Å². The smallest absolute Gasteiger partial charge is 0.407 e. The highest BCUT2D eigenvalue weighted by Crippen LogP contribution is 2.32. The van der Waals surface area contributed by atoms with Crippen molar-refractivity contribution < 1.29 is 9.53 Å². The SMILES string of the molecule is COC(=O)NC1CCC(n2nnc3cnc4[nH]ccc4c32)CC1. The van der Waals surface area contributed by atoms with Crippen molar-refractivity contribution in [2.24, 2.45) is 0 Å². The Kier molecular flexibility index (Phi) is 3.36. The zero-order chi connectivity index (χ0) is 15.8. The number of methoxy groups -OCH3 is 1. The number of aromatic amines is 1. The fourth-order valence-corrected chi connectivity index (χ4v) is 3.38. The molecule has 0 radical (unpaired) electrons. The molecule has 1 aliphatic rings. The largest absolute Gasteiger partial charge is 0.453 e. The number of hydrogen-bond donors (Lipinski definition) is 2. The molecule has 3 aromatic rings. The van der Waals surface area contributed by atoms with Crippen molar-refractivity contribution in [1.82, 2.24) is 30.3 Å². The first-order valence-corrected chi connectivity index (χ1v) is 7.77. The van der Waals surface area contributed by atoms with E-state index in [-0.39, 0.29) is 18.2 Å². The van der Waals surface area contributed by atoms with Crippen LogP contribution in [0.15, 0.2) is 18.5 Å². The second-order valence-corrected chi connectivity index (χ2v) is 5.91. The van der Waals surface area contributed by atoms with E-state index in [1.807, 2.05) is 16.9 Å². The monoisotopic (exact) mass is 314 g/mol. The van der Waals surface area contributed by atoms with Gasteiger partial charge in [-0.3, -0.25) is 0 Å². The molecule has 23 heavy (non-hydrogen) atoms. The summed E-state index contributed by atoms with van der Waals surface area (Å²) in [5.41, 5.74) is 2.69. The van der Waals surface area contributed by atoms with Gasteiger partial charge >= 0.3 is 6.09 Å². The van der Waals surface area contributed by atoms with E-state index < -0.39 is 0 Å². The Hall–Kier alpha value is -2.64. The molecule has 8 heteroatoms. The van der Waals surface area contributed by atoms with Crippen molar-refractivity contribution in [2.45, 2.75) is 37.8 Å². The molecule has 0 aliphatic heterocycles. The van der Waals surface area contributed by atoms with Crippen LogP contribution in [0.1, 0.15) is 31.7 Å². The van der Waals surface area contributed by atoms with Gasteiger partial charge in [-0.05, 0) is 31.7 Å². The van der Waals surface area contributed by atoms with Gasteiger partial charge in [0.2, 0.25) is 0 Å². The molecule has 0 saturated heterocycles. The van der Waals surface area contributed by atoms with Crippen molar-refractivity contribution in [3.8, 4) is 0 Å². The van der Waals surface area contributed by atoms with E-state index in [4.69, 9.17) is 0 Å². The van der Waals surface area contributed by atoms with Crippen molar-refractivity contribution in [2.75, 3.05) is 7.11 Å². The van der Waals surface area contributed by atoms with Gasteiger partial charge in [0.25, 0.3) is 0 Å². The number of hydrogen-bond acceptors (Lipinski definition) is 5. The summed E-state index contributed by atoms with van der Waals surface area (Å²) in [5, 5.41) is 12.5. The number of alkyl carbamates (subject to hydrolysis) is 1. The summed E-state index contributed by atoms with van der Waals surface area (Å²) in [4.78, 5) is 18.8. The first-order chi connectivity index (χ1) is 11.3. The van der Waals surface area contributed by atoms with Gasteiger partial charge < -0.3 is 15.0 Å². The summed E-state index contributed by atoms with van der Waals surface area (Å²) in [6.07, 6.45) is 6.97. The van der Waals surface area contributed by atoms with Crippen LogP contribution < -0.4 is 5.32 Å². The van der Waals surface area contributed by atoms with Gasteiger partial charge in [-0.1, -0.05) is 5.21 Å². The van der Waals surface area contributed by atoms with Crippen LogP contribution in [0.2, 0.25) is 0 Å². The maximum Gasteiger partial charge on any atom is 0.407 e. The highest BCUT2D eigenvalue weighted by Gasteiger charge is 2.26. The number of carbonyl (C=O) groups is 1. The maximum absolute atomic E-state index is 11.3. The number of carbonyl (C=O) groups excluding carboxylic acids is 1. The Bertz CT molecular complexity index is 846. The Morgan fingerprint density at radius 3 is 3.00 bits per heavy atom. The van der Waals surface area contributed by atoms with Gasteiger partial charge in [0, 0.05) is 17.6 Å². The normalized spacial score (nSPS) is 21.6. The van der Waals surface area contributed by atoms with Gasteiger partial charge in [-0.25, -0.2) is 14.5 Å². The highest BCUT2D eigenvalue weighted by molar-refractivity contribution is 6.00. The second kappa shape index (κ2) is 5.53. The van der Waals surface area contributed by atoms with E-state index in [0.29, 0.717) is 0 Å². The molecule has 3 heterocycles. The van der Waals surface area contributed by atoms with Gasteiger partial charge in [0.05, 0.1) is 19.3 Å². The van der Waals surface area contributed by atoms with E-state index in [0.717, 1.165) is 47.8 Å². The van der Waals surface area contributed by atoms with Gasteiger partial charge in [-0.2, -0.15) is 0 Å². The summed E-state index contributed by atoms with van der Waals surface area (Å²) in [6, 6.07) is 2.47. The average molecular weight is 314 g/mol. The number of H-pyrrole nitrogens is 1. The van der Waals surface area contributed by atoms with Crippen LogP contribution in [0.5, 0.6) is 0 Å². The molecular weight excluding hydrogens is 296 g/mol. The fourth-order valence-electron chi connectivity index (χ4n) is 3.38. The number of nitrogens with one attached hydrogen (secondary N) is 2. The van der Waals surface area contributed by atoms with Crippen molar-refractivity contribution in [3.05, 3.63) is 18.5 Å². The molecule has 0 atom stereocenters. The lowest BCUT2D eigenvalue weighted by atomic mass is 9.91. The van der Waals surface area contributed by atoms with E-state index >= 15 is 0 Å². The van der Waals surface area contributed by atoms with E-state index in [2.05, 4.69) is 30.3 Å². The van der Waals surface area contributed by atoms with Crippen LogP contribution in [-0.4, -0.2) is 44.2 Å². The number of amides is 1. The number of pyridine rings is 1. The first-order valence-electron chi connectivity index (χ1n) is 7.77.